The molecule has 0 aromatic heterocycles. The van der Waals surface area contributed by atoms with Crippen LogP contribution in [0.2, 0.25) is 0 Å². The molecule has 2 heteroatoms. The quantitative estimate of drug-likeness (QED) is 0.721. The van der Waals surface area contributed by atoms with Crippen molar-refractivity contribution in [2.24, 2.45) is 0 Å². The molecular weight excluding hydrogens is 162 g/mol. The highest BCUT2D eigenvalue weighted by Crippen LogP contribution is 2.47. The minimum Gasteiger partial charge on any atom is -0.389 e. The molecule has 0 radical (unpaired) electrons. The Balaban J connectivity index is 1.89. The van der Waals surface area contributed by atoms with E-state index in [1.807, 2.05) is 6.92 Å². The Morgan fingerprint density at radius 1 is 1.38 bits per heavy atom. The molecule has 1 atom stereocenters. The van der Waals surface area contributed by atoms with E-state index in [1.165, 1.54) is 32.2 Å². The van der Waals surface area contributed by atoms with Crippen molar-refractivity contribution in [2.75, 3.05) is 13.1 Å². The van der Waals surface area contributed by atoms with Gasteiger partial charge in [-0.2, -0.15) is 0 Å². The third kappa shape index (κ3) is 1.50. The van der Waals surface area contributed by atoms with Crippen LogP contribution in [0.3, 0.4) is 0 Å². The summed E-state index contributed by atoms with van der Waals surface area (Å²) in [5.41, 5.74) is 0.0716. The fraction of sp³-hybridized carbons (Fsp3) is 1.00. The molecule has 1 unspecified atom stereocenters. The van der Waals surface area contributed by atoms with Crippen molar-refractivity contribution < 1.29 is 5.11 Å². The maximum Gasteiger partial charge on any atom is 0.0743 e. The number of likely N-dealkylation sites (tertiary alicyclic amines) is 1. The molecule has 1 saturated heterocycles. The van der Waals surface area contributed by atoms with Crippen LogP contribution in [0.5, 0.6) is 0 Å². The molecule has 76 valence electrons. The highest BCUT2D eigenvalue weighted by Gasteiger charge is 2.49. The molecule has 0 amide bonds. The van der Waals surface area contributed by atoms with Gasteiger partial charge < -0.3 is 5.11 Å². The van der Waals surface area contributed by atoms with E-state index >= 15 is 0 Å². The second kappa shape index (κ2) is 2.96. The van der Waals surface area contributed by atoms with Gasteiger partial charge in [-0.25, -0.2) is 0 Å². The number of nitrogens with zero attached hydrogens (tertiary/aromatic N) is 1. The van der Waals surface area contributed by atoms with E-state index in [1.54, 1.807) is 0 Å². The largest absolute Gasteiger partial charge is 0.389 e. The van der Waals surface area contributed by atoms with E-state index < -0.39 is 5.60 Å². The van der Waals surface area contributed by atoms with Crippen LogP contribution in [0.1, 0.15) is 46.0 Å². The summed E-state index contributed by atoms with van der Waals surface area (Å²) in [7, 11) is 0. The Hall–Kier alpha value is -0.0800. The summed E-state index contributed by atoms with van der Waals surface area (Å²) < 4.78 is 0. The summed E-state index contributed by atoms with van der Waals surface area (Å²) in [6.07, 6.45) is 6.36. The Bertz CT molecular complexity index is 191. The van der Waals surface area contributed by atoms with Crippen molar-refractivity contribution in [3.05, 3.63) is 0 Å². The summed E-state index contributed by atoms with van der Waals surface area (Å²) in [5, 5.41) is 9.97. The Morgan fingerprint density at radius 2 is 2.08 bits per heavy atom. The summed E-state index contributed by atoms with van der Waals surface area (Å²) >= 11 is 0. The minimum absolute atomic E-state index is 0.469. The lowest BCUT2D eigenvalue weighted by Gasteiger charge is -2.60. The smallest absolute Gasteiger partial charge is 0.0743 e. The molecule has 1 saturated carbocycles. The average Bonchev–Trinajstić information content (AvgIpc) is 1.96. The normalized spacial score (nSPS) is 30.7. The first-order valence-corrected chi connectivity index (χ1v) is 5.55. The van der Waals surface area contributed by atoms with E-state index in [2.05, 4.69) is 11.8 Å². The highest BCUT2D eigenvalue weighted by atomic mass is 16.3. The number of hydrogen-bond donors (Lipinski definition) is 1. The third-order valence-electron chi connectivity index (χ3n) is 4.10. The van der Waals surface area contributed by atoms with Crippen LogP contribution in [-0.2, 0) is 0 Å². The number of rotatable bonds is 3. The molecule has 0 aromatic rings. The lowest BCUT2D eigenvalue weighted by Crippen LogP contribution is -2.66. The maximum atomic E-state index is 9.97. The molecule has 2 nitrogen and oxygen atoms in total. The lowest BCUT2D eigenvalue weighted by molar-refractivity contribution is -0.114. The van der Waals surface area contributed by atoms with Gasteiger partial charge in [0.05, 0.1) is 5.60 Å². The van der Waals surface area contributed by atoms with E-state index in [0.717, 1.165) is 13.0 Å². The lowest BCUT2D eigenvalue weighted by atomic mass is 9.67. The van der Waals surface area contributed by atoms with Crippen molar-refractivity contribution in [3.63, 3.8) is 0 Å². The first kappa shape index (κ1) is 9.47. The van der Waals surface area contributed by atoms with Gasteiger partial charge in [0.1, 0.15) is 0 Å². The van der Waals surface area contributed by atoms with E-state index in [4.69, 9.17) is 0 Å². The molecule has 13 heavy (non-hydrogen) atoms. The van der Waals surface area contributed by atoms with Crippen LogP contribution in [0.25, 0.3) is 0 Å². The molecule has 1 aliphatic carbocycles. The minimum atomic E-state index is -0.469. The number of aliphatic hydroxyl groups is 1. The zero-order chi connectivity index (χ0) is 9.53. The number of hydrogen-bond acceptors (Lipinski definition) is 2. The molecule has 2 fully saturated rings. The monoisotopic (exact) mass is 183 g/mol. The van der Waals surface area contributed by atoms with Gasteiger partial charge in [-0.05, 0) is 39.0 Å². The standard InChI is InChI=1S/C11H21NO/c1-3-10(2,13)9-12-8-7-11(12)5-4-6-11/h13H,3-9H2,1-2H3. The van der Waals surface area contributed by atoms with E-state index in [0.29, 0.717) is 5.54 Å². The summed E-state index contributed by atoms with van der Waals surface area (Å²) in [4.78, 5) is 2.50. The SMILES string of the molecule is CCC(C)(O)CN1CCC12CCC2. The third-order valence-corrected chi connectivity index (χ3v) is 4.10. The Kier molecular flexibility index (Phi) is 2.16. The summed E-state index contributed by atoms with van der Waals surface area (Å²) in [5.74, 6) is 0. The van der Waals surface area contributed by atoms with Crippen LogP contribution in [0, 0.1) is 0 Å². The van der Waals surface area contributed by atoms with Gasteiger partial charge in [0.25, 0.3) is 0 Å². The Morgan fingerprint density at radius 3 is 2.38 bits per heavy atom. The van der Waals surface area contributed by atoms with Crippen LogP contribution in [-0.4, -0.2) is 34.2 Å². The molecular formula is C11H21NO. The van der Waals surface area contributed by atoms with Crippen molar-refractivity contribution in [2.45, 2.75) is 57.1 Å². The van der Waals surface area contributed by atoms with Crippen LogP contribution >= 0.6 is 0 Å². The van der Waals surface area contributed by atoms with Gasteiger partial charge in [-0.3, -0.25) is 4.90 Å². The first-order valence-electron chi connectivity index (χ1n) is 5.55. The molecule has 1 spiro atoms. The van der Waals surface area contributed by atoms with Gasteiger partial charge in [0, 0.05) is 18.6 Å². The van der Waals surface area contributed by atoms with Gasteiger partial charge in [-0.15, -0.1) is 0 Å². The zero-order valence-electron chi connectivity index (χ0n) is 8.84. The van der Waals surface area contributed by atoms with Crippen LogP contribution < -0.4 is 0 Å². The van der Waals surface area contributed by atoms with Crippen LogP contribution in [0.4, 0.5) is 0 Å². The molecule has 0 bridgehead atoms. The van der Waals surface area contributed by atoms with Crippen molar-refractivity contribution >= 4 is 0 Å². The van der Waals surface area contributed by atoms with Gasteiger partial charge >= 0.3 is 0 Å². The van der Waals surface area contributed by atoms with E-state index in [9.17, 15) is 5.11 Å². The second-order valence-electron chi connectivity index (χ2n) is 5.10. The average molecular weight is 183 g/mol. The zero-order valence-corrected chi connectivity index (χ0v) is 8.84. The molecule has 2 aliphatic rings. The summed E-state index contributed by atoms with van der Waals surface area (Å²) in [6.45, 7) is 6.10. The molecule has 0 aromatic carbocycles. The van der Waals surface area contributed by atoms with Crippen molar-refractivity contribution in [3.8, 4) is 0 Å². The van der Waals surface area contributed by atoms with Crippen molar-refractivity contribution in [1.82, 2.24) is 4.90 Å². The summed E-state index contributed by atoms with van der Waals surface area (Å²) in [6, 6.07) is 0. The maximum absolute atomic E-state index is 9.97. The van der Waals surface area contributed by atoms with E-state index in [-0.39, 0.29) is 0 Å². The topological polar surface area (TPSA) is 23.5 Å². The van der Waals surface area contributed by atoms with Gasteiger partial charge in [-0.1, -0.05) is 6.92 Å². The van der Waals surface area contributed by atoms with Crippen LogP contribution in [0.15, 0.2) is 0 Å². The molecule has 1 N–H and O–H groups in total. The fourth-order valence-electron chi connectivity index (χ4n) is 2.51. The molecule has 2 rings (SSSR count). The Labute approximate surface area is 80.9 Å². The van der Waals surface area contributed by atoms with Gasteiger partial charge in [0.15, 0.2) is 0 Å². The second-order valence-corrected chi connectivity index (χ2v) is 5.10. The number of β-amino-alcohol motifs (C(OH)–C–C–N with tert-alkyl or cyclic N) is 1. The first-order chi connectivity index (χ1) is 6.08. The van der Waals surface area contributed by atoms with Gasteiger partial charge in [0.2, 0.25) is 0 Å². The molecule has 1 heterocycles. The molecule has 1 aliphatic heterocycles. The van der Waals surface area contributed by atoms with Crippen molar-refractivity contribution in [1.29, 1.82) is 0 Å². The highest BCUT2D eigenvalue weighted by molar-refractivity contribution is 5.06. The fourth-order valence-corrected chi connectivity index (χ4v) is 2.51. The predicted molar refractivity (Wildman–Crippen MR) is 53.7 cm³/mol. The predicted octanol–water partition coefficient (Wildman–Crippen LogP) is 1.78.